The van der Waals surface area contributed by atoms with Crippen molar-refractivity contribution in [2.45, 2.75) is 6.42 Å². The second-order valence-electron chi connectivity index (χ2n) is 2.62. The fourth-order valence-electron chi connectivity index (χ4n) is 0.840. The molecule has 1 unspecified atom stereocenters. The summed E-state index contributed by atoms with van der Waals surface area (Å²) in [7, 11) is -1.67. The van der Waals surface area contributed by atoms with E-state index in [9.17, 15) is 9.69 Å². The predicted octanol–water partition coefficient (Wildman–Crippen LogP) is 1.84. The summed E-state index contributed by atoms with van der Waals surface area (Å²) in [5, 5.41) is 8.37. The maximum absolute atomic E-state index is 10.2. The van der Waals surface area contributed by atoms with Crippen LogP contribution in [0.3, 0.4) is 0 Å². The minimum absolute atomic E-state index is 0.0744. The molecule has 1 atom stereocenters. The highest BCUT2D eigenvalue weighted by atomic mass is 31.2. The molecule has 0 saturated heterocycles. The first-order valence-electron chi connectivity index (χ1n) is 4.09. The van der Waals surface area contributed by atoms with Gasteiger partial charge in [-0.25, -0.2) is 0 Å². The van der Waals surface area contributed by atoms with Gasteiger partial charge in [0.1, 0.15) is 5.75 Å². The van der Waals surface area contributed by atoms with Gasteiger partial charge in [-0.3, -0.25) is 4.79 Å². The quantitative estimate of drug-likeness (QED) is 0.734. The lowest BCUT2D eigenvalue weighted by molar-refractivity contribution is -0.136. The molecule has 76 valence electrons. The number of carboxylic acid groups (broad SMARTS) is 1. The summed E-state index contributed by atoms with van der Waals surface area (Å²) < 4.78 is 5.12. The highest BCUT2D eigenvalue weighted by Crippen LogP contribution is 2.33. The van der Waals surface area contributed by atoms with Crippen molar-refractivity contribution in [1.29, 1.82) is 0 Å². The van der Waals surface area contributed by atoms with E-state index in [0.717, 1.165) is 0 Å². The Balaban J connectivity index is 2.34. The van der Waals surface area contributed by atoms with Gasteiger partial charge in [0.15, 0.2) is 0 Å². The van der Waals surface area contributed by atoms with Crippen LogP contribution in [0.15, 0.2) is 30.3 Å². The van der Waals surface area contributed by atoms with Gasteiger partial charge in [0.25, 0.3) is 0 Å². The highest BCUT2D eigenvalue weighted by molar-refractivity contribution is 7.46. The van der Waals surface area contributed by atoms with Gasteiger partial charge >= 0.3 is 5.97 Å². The van der Waals surface area contributed by atoms with Crippen molar-refractivity contribution in [3.05, 3.63) is 30.3 Å². The summed E-state index contributed by atoms with van der Waals surface area (Å²) in [5.41, 5.74) is 0. The van der Waals surface area contributed by atoms with Gasteiger partial charge in [-0.05, 0) is 12.1 Å². The average Bonchev–Trinajstić information content (AvgIpc) is 2.16. The average molecular weight is 214 g/mol. The van der Waals surface area contributed by atoms with Crippen molar-refractivity contribution in [3.63, 3.8) is 0 Å². The third-order valence-corrected chi connectivity index (χ3v) is 2.50. The molecule has 2 N–H and O–H groups in total. The molecule has 0 aliphatic heterocycles. The van der Waals surface area contributed by atoms with Crippen LogP contribution in [0.2, 0.25) is 0 Å². The standard InChI is InChI=1S/C9H11O4P/c10-9(11)6-7-14(12)13-8-4-2-1-3-5-8/h1-5,12H,6-7H2,(H,10,11). The predicted molar refractivity (Wildman–Crippen MR) is 53.3 cm³/mol. The van der Waals surface area contributed by atoms with E-state index in [1.54, 1.807) is 24.3 Å². The van der Waals surface area contributed by atoms with Crippen LogP contribution in [0.5, 0.6) is 5.75 Å². The molecular formula is C9H11O4P. The Labute approximate surface area is 83.1 Å². The van der Waals surface area contributed by atoms with E-state index in [4.69, 9.17) is 9.63 Å². The summed E-state index contributed by atoms with van der Waals surface area (Å²) in [4.78, 5) is 19.5. The van der Waals surface area contributed by atoms with Gasteiger partial charge in [-0.2, -0.15) is 0 Å². The van der Waals surface area contributed by atoms with Crippen LogP contribution in [0.25, 0.3) is 0 Å². The van der Waals surface area contributed by atoms with Crippen molar-refractivity contribution in [3.8, 4) is 5.75 Å². The molecule has 0 heterocycles. The molecule has 1 rings (SSSR count). The van der Waals surface area contributed by atoms with Crippen LogP contribution in [0.4, 0.5) is 0 Å². The number of carboxylic acids is 1. The molecule has 0 amide bonds. The smallest absolute Gasteiger partial charge is 0.303 e. The molecule has 0 aliphatic rings. The van der Waals surface area contributed by atoms with E-state index in [1.165, 1.54) is 0 Å². The number of hydrogen-bond donors (Lipinski definition) is 2. The second kappa shape index (κ2) is 5.58. The van der Waals surface area contributed by atoms with E-state index in [-0.39, 0.29) is 12.6 Å². The Morgan fingerprint density at radius 1 is 1.36 bits per heavy atom. The Morgan fingerprint density at radius 2 is 2.00 bits per heavy atom. The molecule has 0 radical (unpaired) electrons. The lowest BCUT2D eigenvalue weighted by atomic mass is 10.3. The maximum atomic E-state index is 10.2. The third-order valence-electron chi connectivity index (χ3n) is 1.47. The third kappa shape index (κ3) is 4.21. The van der Waals surface area contributed by atoms with E-state index < -0.39 is 14.3 Å². The van der Waals surface area contributed by atoms with Crippen LogP contribution in [0.1, 0.15) is 6.42 Å². The molecule has 0 aliphatic carbocycles. The number of carbonyl (C=O) groups is 1. The molecule has 0 spiro atoms. The molecule has 14 heavy (non-hydrogen) atoms. The van der Waals surface area contributed by atoms with E-state index >= 15 is 0 Å². The monoisotopic (exact) mass is 214 g/mol. The van der Waals surface area contributed by atoms with Gasteiger partial charge in [-0.1, -0.05) is 18.2 Å². The van der Waals surface area contributed by atoms with Crippen molar-refractivity contribution < 1.29 is 19.3 Å². The van der Waals surface area contributed by atoms with Gasteiger partial charge < -0.3 is 14.5 Å². The van der Waals surface area contributed by atoms with E-state index in [0.29, 0.717) is 5.75 Å². The zero-order valence-electron chi connectivity index (χ0n) is 7.46. The van der Waals surface area contributed by atoms with Crippen LogP contribution >= 0.6 is 8.38 Å². The molecule has 1 aromatic rings. The first-order valence-corrected chi connectivity index (χ1v) is 5.49. The Kier molecular flexibility index (Phi) is 4.36. The molecule has 1 aromatic carbocycles. The van der Waals surface area contributed by atoms with Crippen LogP contribution in [-0.4, -0.2) is 22.1 Å². The second-order valence-corrected chi connectivity index (χ2v) is 3.96. The van der Waals surface area contributed by atoms with Crippen molar-refractivity contribution in [2.75, 3.05) is 6.16 Å². The molecular weight excluding hydrogens is 203 g/mol. The molecule has 4 nitrogen and oxygen atoms in total. The van der Waals surface area contributed by atoms with Gasteiger partial charge in [0.2, 0.25) is 8.38 Å². The fourth-order valence-corrected chi connectivity index (χ4v) is 1.68. The van der Waals surface area contributed by atoms with Crippen LogP contribution in [-0.2, 0) is 4.79 Å². The molecule has 5 heteroatoms. The topological polar surface area (TPSA) is 66.8 Å². The zero-order chi connectivity index (χ0) is 10.4. The van der Waals surface area contributed by atoms with Gasteiger partial charge in [-0.15, -0.1) is 0 Å². The number of para-hydroxylation sites is 1. The lowest BCUT2D eigenvalue weighted by Crippen LogP contribution is -2.00. The number of aliphatic carboxylic acids is 1. The Morgan fingerprint density at radius 3 is 2.57 bits per heavy atom. The van der Waals surface area contributed by atoms with Crippen molar-refractivity contribution >= 4 is 14.3 Å². The molecule has 0 aromatic heterocycles. The van der Waals surface area contributed by atoms with E-state index in [2.05, 4.69) is 0 Å². The molecule has 0 bridgehead atoms. The summed E-state index contributed by atoms with van der Waals surface area (Å²) in [6.07, 6.45) is 0.0780. The van der Waals surface area contributed by atoms with Crippen LogP contribution in [0, 0.1) is 0 Å². The largest absolute Gasteiger partial charge is 0.481 e. The number of rotatable bonds is 5. The summed E-state index contributed by atoms with van der Waals surface area (Å²) >= 11 is 0. The van der Waals surface area contributed by atoms with Gasteiger partial charge in [0.05, 0.1) is 6.42 Å². The maximum Gasteiger partial charge on any atom is 0.303 e. The Bertz CT molecular complexity index is 288. The van der Waals surface area contributed by atoms with Crippen molar-refractivity contribution in [2.24, 2.45) is 0 Å². The number of benzene rings is 1. The molecule has 0 fully saturated rings. The van der Waals surface area contributed by atoms with Crippen LogP contribution < -0.4 is 4.52 Å². The first kappa shape index (κ1) is 11.0. The van der Waals surface area contributed by atoms with Crippen molar-refractivity contribution in [1.82, 2.24) is 0 Å². The minimum atomic E-state index is -1.67. The first-order chi connectivity index (χ1) is 6.68. The highest BCUT2D eigenvalue weighted by Gasteiger charge is 2.09. The fraction of sp³-hybridized carbons (Fsp3) is 0.222. The summed E-state index contributed by atoms with van der Waals surface area (Å²) in [6.45, 7) is 0. The normalized spacial score (nSPS) is 12.1. The summed E-state index contributed by atoms with van der Waals surface area (Å²) in [5.74, 6) is -0.366. The van der Waals surface area contributed by atoms with E-state index in [1.807, 2.05) is 6.07 Å². The Hall–Kier alpha value is -1.12. The zero-order valence-corrected chi connectivity index (χ0v) is 8.35. The molecule has 0 saturated carbocycles. The van der Waals surface area contributed by atoms with Gasteiger partial charge in [0, 0.05) is 6.16 Å². The SMILES string of the molecule is O=C(O)CCP(O)Oc1ccccc1. The summed E-state index contributed by atoms with van der Waals surface area (Å²) in [6, 6.07) is 8.84. The number of hydrogen-bond acceptors (Lipinski definition) is 3. The lowest BCUT2D eigenvalue weighted by Gasteiger charge is -2.10. The minimum Gasteiger partial charge on any atom is -0.481 e.